The highest BCUT2D eigenvalue weighted by molar-refractivity contribution is 7.13. The minimum atomic E-state index is -0.189. The van der Waals surface area contributed by atoms with Crippen molar-refractivity contribution >= 4 is 40.4 Å². The third kappa shape index (κ3) is 3.48. The number of nitrogens with one attached hydrogen (secondary N) is 1. The Morgan fingerprint density at radius 1 is 1.21 bits per heavy atom. The summed E-state index contributed by atoms with van der Waals surface area (Å²) >= 11 is 13.7. The molecule has 0 fully saturated rings. The van der Waals surface area contributed by atoms with Crippen LogP contribution in [0.1, 0.15) is 24.3 Å². The van der Waals surface area contributed by atoms with Gasteiger partial charge in [-0.25, -0.2) is 4.68 Å². The summed E-state index contributed by atoms with van der Waals surface area (Å²) in [7, 11) is 0. The lowest BCUT2D eigenvalue weighted by atomic mass is 10.2. The molecule has 1 amide bonds. The van der Waals surface area contributed by atoms with Gasteiger partial charge in [0.25, 0.3) is 5.91 Å². The van der Waals surface area contributed by atoms with Gasteiger partial charge in [0.2, 0.25) is 0 Å². The Kier molecular flexibility index (Phi) is 4.94. The summed E-state index contributed by atoms with van der Waals surface area (Å²) in [5, 5.41) is 10.3. The first-order valence-electron chi connectivity index (χ1n) is 7.36. The molecule has 0 spiro atoms. The van der Waals surface area contributed by atoms with Crippen molar-refractivity contribution in [2.75, 3.05) is 0 Å². The topological polar surface area (TPSA) is 46.9 Å². The number of hydrogen-bond donors (Lipinski definition) is 1. The van der Waals surface area contributed by atoms with Crippen molar-refractivity contribution in [2.24, 2.45) is 0 Å². The number of nitrogens with zero attached hydrogens (tertiary/aromatic N) is 2. The van der Waals surface area contributed by atoms with Crippen LogP contribution in [0.2, 0.25) is 10.0 Å². The first kappa shape index (κ1) is 17.0. The molecular formula is C17H15Cl2N3OS. The lowest BCUT2D eigenvalue weighted by molar-refractivity contribution is 0.0935. The summed E-state index contributed by atoms with van der Waals surface area (Å²) in [4.78, 5) is 13.5. The van der Waals surface area contributed by atoms with Gasteiger partial charge in [-0.3, -0.25) is 4.79 Å². The standard InChI is InChI=1S/C17H15Cl2N3OS/c1-10(2)20-17(23)15-9-14(16-4-3-7-24-16)21-22(15)11-5-6-12(18)13(19)8-11/h3-10H,1-2H3,(H,20,23). The van der Waals surface area contributed by atoms with E-state index in [2.05, 4.69) is 10.4 Å². The van der Waals surface area contributed by atoms with Crippen molar-refractivity contribution in [3.8, 4) is 16.3 Å². The minimum Gasteiger partial charge on any atom is -0.349 e. The number of aromatic nitrogens is 2. The van der Waals surface area contributed by atoms with Crippen LogP contribution in [0.25, 0.3) is 16.3 Å². The van der Waals surface area contributed by atoms with Crippen LogP contribution in [0.15, 0.2) is 41.8 Å². The predicted molar refractivity (Wildman–Crippen MR) is 99.5 cm³/mol. The van der Waals surface area contributed by atoms with Crippen molar-refractivity contribution in [3.05, 3.63) is 57.5 Å². The summed E-state index contributed by atoms with van der Waals surface area (Å²) in [5.74, 6) is -0.189. The highest BCUT2D eigenvalue weighted by atomic mass is 35.5. The van der Waals surface area contributed by atoms with Gasteiger partial charge in [-0.05, 0) is 49.6 Å². The Labute approximate surface area is 154 Å². The second-order valence-corrected chi connectivity index (χ2v) is 7.29. The van der Waals surface area contributed by atoms with Gasteiger partial charge in [0.1, 0.15) is 11.4 Å². The fraction of sp³-hybridized carbons (Fsp3) is 0.176. The fourth-order valence-corrected chi connectivity index (χ4v) is 3.21. The number of carbonyl (C=O) groups excluding carboxylic acids is 1. The highest BCUT2D eigenvalue weighted by Gasteiger charge is 2.19. The molecule has 0 aliphatic carbocycles. The van der Waals surface area contributed by atoms with Gasteiger partial charge < -0.3 is 5.32 Å². The van der Waals surface area contributed by atoms with Crippen molar-refractivity contribution in [3.63, 3.8) is 0 Å². The predicted octanol–water partition coefficient (Wildman–Crippen LogP) is 5.05. The summed E-state index contributed by atoms with van der Waals surface area (Å²) in [6.45, 7) is 3.83. The number of amides is 1. The Bertz CT molecular complexity index is 872. The summed E-state index contributed by atoms with van der Waals surface area (Å²) < 4.78 is 1.59. The van der Waals surface area contributed by atoms with Crippen LogP contribution in [-0.4, -0.2) is 21.7 Å². The Hall–Kier alpha value is -1.82. The Morgan fingerprint density at radius 3 is 2.62 bits per heavy atom. The van der Waals surface area contributed by atoms with Crippen LogP contribution < -0.4 is 5.32 Å². The number of benzene rings is 1. The van der Waals surface area contributed by atoms with E-state index >= 15 is 0 Å². The van der Waals surface area contributed by atoms with E-state index in [1.54, 1.807) is 40.3 Å². The van der Waals surface area contributed by atoms with E-state index in [4.69, 9.17) is 23.2 Å². The molecule has 1 N–H and O–H groups in total. The van der Waals surface area contributed by atoms with Gasteiger partial charge >= 0.3 is 0 Å². The van der Waals surface area contributed by atoms with Crippen LogP contribution in [-0.2, 0) is 0 Å². The summed E-state index contributed by atoms with van der Waals surface area (Å²) in [5.41, 5.74) is 1.87. The fourth-order valence-electron chi connectivity index (χ4n) is 2.24. The maximum Gasteiger partial charge on any atom is 0.270 e. The molecule has 124 valence electrons. The highest BCUT2D eigenvalue weighted by Crippen LogP contribution is 2.28. The van der Waals surface area contributed by atoms with Crippen molar-refractivity contribution in [1.82, 2.24) is 15.1 Å². The number of thiophene rings is 1. The van der Waals surface area contributed by atoms with Crippen molar-refractivity contribution in [2.45, 2.75) is 19.9 Å². The first-order valence-corrected chi connectivity index (χ1v) is 8.99. The largest absolute Gasteiger partial charge is 0.349 e. The maximum atomic E-state index is 12.6. The van der Waals surface area contributed by atoms with Gasteiger partial charge in [-0.1, -0.05) is 29.3 Å². The molecule has 0 atom stereocenters. The van der Waals surface area contributed by atoms with Gasteiger partial charge in [0, 0.05) is 6.04 Å². The Balaban J connectivity index is 2.11. The number of carbonyl (C=O) groups is 1. The van der Waals surface area contributed by atoms with Crippen LogP contribution >= 0.6 is 34.5 Å². The monoisotopic (exact) mass is 379 g/mol. The van der Waals surface area contributed by atoms with Gasteiger partial charge in [-0.15, -0.1) is 11.3 Å². The molecule has 7 heteroatoms. The zero-order valence-corrected chi connectivity index (χ0v) is 15.4. The van der Waals surface area contributed by atoms with E-state index in [-0.39, 0.29) is 11.9 Å². The average molecular weight is 380 g/mol. The third-order valence-corrected chi connectivity index (χ3v) is 4.91. The number of halogens is 2. The maximum absolute atomic E-state index is 12.6. The molecule has 0 unspecified atom stereocenters. The summed E-state index contributed by atoms with van der Waals surface area (Å²) in [6, 6.07) is 10.9. The van der Waals surface area contributed by atoms with E-state index < -0.39 is 0 Å². The van der Waals surface area contributed by atoms with Crippen molar-refractivity contribution in [1.29, 1.82) is 0 Å². The van der Waals surface area contributed by atoms with E-state index in [1.807, 2.05) is 31.4 Å². The Morgan fingerprint density at radius 2 is 2.00 bits per heavy atom. The van der Waals surface area contributed by atoms with Crippen LogP contribution in [0.4, 0.5) is 0 Å². The van der Waals surface area contributed by atoms with Gasteiger partial charge in [0.05, 0.1) is 20.6 Å². The normalized spacial score (nSPS) is 11.0. The van der Waals surface area contributed by atoms with Gasteiger partial charge in [0.15, 0.2) is 0 Å². The summed E-state index contributed by atoms with van der Waals surface area (Å²) in [6.07, 6.45) is 0. The van der Waals surface area contributed by atoms with E-state index in [1.165, 1.54) is 0 Å². The van der Waals surface area contributed by atoms with E-state index in [9.17, 15) is 4.79 Å². The quantitative estimate of drug-likeness (QED) is 0.689. The molecule has 24 heavy (non-hydrogen) atoms. The molecule has 0 bridgehead atoms. The molecular weight excluding hydrogens is 365 g/mol. The molecule has 0 saturated carbocycles. The average Bonchev–Trinajstić information content (AvgIpc) is 3.17. The molecule has 3 rings (SSSR count). The minimum absolute atomic E-state index is 0.0276. The SMILES string of the molecule is CC(C)NC(=O)c1cc(-c2cccs2)nn1-c1ccc(Cl)c(Cl)c1. The second-order valence-electron chi connectivity index (χ2n) is 5.53. The number of rotatable bonds is 4. The van der Waals surface area contributed by atoms with Gasteiger partial charge in [-0.2, -0.15) is 5.10 Å². The zero-order chi connectivity index (χ0) is 17.3. The zero-order valence-electron chi connectivity index (χ0n) is 13.1. The molecule has 4 nitrogen and oxygen atoms in total. The molecule has 1 aromatic carbocycles. The molecule has 0 aliphatic heterocycles. The second kappa shape index (κ2) is 6.97. The lowest BCUT2D eigenvalue weighted by Gasteiger charge is -2.11. The number of hydrogen-bond acceptors (Lipinski definition) is 3. The molecule has 0 radical (unpaired) electrons. The van der Waals surface area contributed by atoms with E-state index in [0.29, 0.717) is 21.4 Å². The smallest absolute Gasteiger partial charge is 0.270 e. The van der Waals surface area contributed by atoms with Crippen molar-refractivity contribution < 1.29 is 4.79 Å². The van der Waals surface area contributed by atoms with E-state index in [0.717, 1.165) is 10.6 Å². The van der Waals surface area contributed by atoms with Crippen LogP contribution in [0.3, 0.4) is 0 Å². The molecule has 2 heterocycles. The lowest BCUT2D eigenvalue weighted by Crippen LogP contribution is -2.31. The third-order valence-electron chi connectivity index (χ3n) is 3.28. The first-order chi connectivity index (χ1) is 11.5. The molecule has 2 aromatic heterocycles. The van der Waals surface area contributed by atoms with Crippen LogP contribution in [0, 0.1) is 0 Å². The van der Waals surface area contributed by atoms with Crippen LogP contribution in [0.5, 0.6) is 0 Å². The molecule has 3 aromatic rings. The molecule has 0 saturated heterocycles. The molecule has 0 aliphatic rings.